The number of hydrogen-bond acceptors (Lipinski definition) is 4. The van der Waals surface area contributed by atoms with Crippen molar-refractivity contribution in [3.63, 3.8) is 0 Å². The number of nitrogens with zero attached hydrogens (tertiary/aromatic N) is 5. The van der Waals surface area contributed by atoms with Crippen LogP contribution in [-0.2, 0) is 11.8 Å². The maximum Gasteiger partial charge on any atom is 0.333 e. The van der Waals surface area contributed by atoms with E-state index in [1.807, 2.05) is 13.8 Å². The summed E-state index contributed by atoms with van der Waals surface area (Å²) in [6.45, 7) is 6.58. The predicted molar refractivity (Wildman–Crippen MR) is 106 cm³/mol. The van der Waals surface area contributed by atoms with Crippen molar-refractivity contribution in [2.24, 2.45) is 7.05 Å². The molecule has 3 heterocycles. The summed E-state index contributed by atoms with van der Waals surface area (Å²) in [6.07, 6.45) is 0. The van der Waals surface area contributed by atoms with Gasteiger partial charge >= 0.3 is 5.69 Å². The zero-order chi connectivity index (χ0) is 21.2. The second kappa shape index (κ2) is 6.26. The standard InChI is InChI=1S/C20H20FN5O3/c1-10-11(2)25-16-17(22-19(25)24(10)15-8-6-14(21)7-9-15)23(5)20(29)26(18(16)28)12(3)13(4)27/h6-9,12H,1-5H3/t12-/m1/s1. The van der Waals surface area contributed by atoms with Crippen molar-refractivity contribution in [2.45, 2.75) is 33.7 Å². The van der Waals surface area contributed by atoms with Gasteiger partial charge in [-0.15, -0.1) is 0 Å². The molecule has 0 amide bonds. The fourth-order valence-corrected chi connectivity index (χ4v) is 3.64. The Kier molecular flexibility index (Phi) is 4.07. The molecule has 0 aliphatic rings. The average Bonchev–Trinajstić information content (AvgIpc) is 3.17. The smallest absolute Gasteiger partial charge is 0.298 e. The highest BCUT2D eigenvalue weighted by atomic mass is 19.1. The first-order valence-electron chi connectivity index (χ1n) is 9.13. The van der Waals surface area contributed by atoms with E-state index in [2.05, 4.69) is 4.98 Å². The fraction of sp³-hybridized carbons (Fsp3) is 0.300. The third-order valence-electron chi connectivity index (χ3n) is 5.53. The van der Waals surface area contributed by atoms with Gasteiger partial charge in [0, 0.05) is 24.1 Å². The molecule has 0 saturated carbocycles. The molecule has 0 aliphatic heterocycles. The van der Waals surface area contributed by atoms with E-state index in [1.165, 1.54) is 37.6 Å². The van der Waals surface area contributed by atoms with Crippen LogP contribution in [0.25, 0.3) is 22.6 Å². The molecule has 4 rings (SSSR count). The maximum absolute atomic E-state index is 13.4. The van der Waals surface area contributed by atoms with Crippen LogP contribution in [0.5, 0.6) is 0 Å². The molecule has 0 N–H and O–H groups in total. The van der Waals surface area contributed by atoms with Crippen molar-refractivity contribution in [2.75, 3.05) is 0 Å². The van der Waals surface area contributed by atoms with Crippen LogP contribution in [0.15, 0.2) is 33.9 Å². The highest BCUT2D eigenvalue weighted by Crippen LogP contribution is 2.24. The van der Waals surface area contributed by atoms with E-state index >= 15 is 0 Å². The Morgan fingerprint density at radius 2 is 1.72 bits per heavy atom. The molecule has 29 heavy (non-hydrogen) atoms. The monoisotopic (exact) mass is 397 g/mol. The van der Waals surface area contributed by atoms with Gasteiger partial charge in [-0.1, -0.05) is 0 Å². The molecule has 0 saturated heterocycles. The number of ketones is 1. The first kappa shape index (κ1) is 18.9. The predicted octanol–water partition coefficient (Wildman–Crippen LogP) is 2.04. The van der Waals surface area contributed by atoms with Crippen molar-refractivity contribution in [3.05, 3.63) is 62.3 Å². The molecule has 4 aromatic rings. The van der Waals surface area contributed by atoms with Gasteiger partial charge in [0.1, 0.15) is 5.82 Å². The molecule has 3 aromatic heterocycles. The lowest BCUT2D eigenvalue weighted by Gasteiger charge is -2.12. The van der Waals surface area contributed by atoms with Crippen molar-refractivity contribution >= 4 is 22.7 Å². The molecule has 8 nitrogen and oxygen atoms in total. The number of carbonyl (C=O) groups excluding carboxylic acids is 1. The zero-order valence-electron chi connectivity index (χ0n) is 16.7. The molecule has 150 valence electrons. The minimum atomic E-state index is -0.892. The summed E-state index contributed by atoms with van der Waals surface area (Å²) in [5.74, 6) is -0.216. The number of aromatic nitrogens is 5. The lowest BCUT2D eigenvalue weighted by molar-refractivity contribution is -0.119. The van der Waals surface area contributed by atoms with Gasteiger partial charge in [0.15, 0.2) is 16.9 Å². The lowest BCUT2D eigenvalue weighted by Crippen LogP contribution is -2.42. The molecule has 0 fully saturated rings. The number of Topliss-reactive ketones (excluding diaryl/α,β-unsaturated/α-hetero) is 1. The van der Waals surface area contributed by atoms with Gasteiger partial charge < -0.3 is 0 Å². The molecule has 1 atom stereocenters. The number of carbonyl (C=O) groups is 1. The van der Waals surface area contributed by atoms with E-state index in [4.69, 9.17) is 0 Å². The van der Waals surface area contributed by atoms with Gasteiger partial charge in [0.05, 0.1) is 6.04 Å². The number of imidazole rings is 2. The Balaban J connectivity index is 2.19. The number of fused-ring (bicyclic) bond motifs is 3. The van der Waals surface area contributed by atoms with Gasteiger partial charge in [-0.25, -0.2) is 13.8 Å². The van der Waals surface area contributed by atoms with E-state index in [-0.39, 0.29) is 22.8 Å². The third-order valence-corrected chi connectivity index (χ3v) is 5.53. The van der Waals surface area contributed by atoms with E-state index in [0.717, 1.165) is 16.0 Å². The highest BCUT2D eigenvalue weighted by Gasteiger charge is 2.25. The number of benzene rings is 1. The normalized spacial score (nSPS) is 12.8. The minimum Gasteiger partial charge on any atom is -0.298 e. The van der Waals surface area contributed by atoms with Crippen LogP contribution in [0.3, 0.4) is 0 Å². The molecule has 0 radical (unpaired) electrons. The summed E-state index contributed by atoms with van der Waals surface area (Å²) in [6, 6.07) is 5.05. The summed E-state index contributed by atoms with van der Waals surface area (Å²) in [5.41, 5.74) is 1.52. The van der Waals surface area contributed by atoms with Crippen molar-refractivity contribution in [1.82, 2.24) is 23.1 Å². The Morgan fingerprint density at radius 1 is 1.10 bits per heavy atom. The summed E-state index contributed by atoms with van der Waals surface area (Å²) in [7, 11) is 1.52. The largest absolute Gasteiger partial charge is 0.333 e. The molecular formula is C20H20FN5O3. The summed E-state index contributed by atoms with van der Waals surface area (Å²) < 4.78 is 19.1. The van der Waals surface area contributed by atoms with Gasteiger partial charge in [0.25, 0.3) is 5.56 Å². The molecule has 0 spiro atoms. The number of hydrogen-bond donors (Lipinski definition) is 0. The van der Waals surface area contributed by atoms with Gasteiger partial charge in [-0.05, 0) is 52.0 Å². The molecular weight excluding hydrogens is 377 g/mol. The Labute approximate surface area is 164 Å². The van der Waals surface area contributed by atoms with Gasteiger partial charge in [0.2, 0.25) is 5.78 Å². The second-order valence-corrected chi connectivity index (χ2v) is 7.21. The summed E-state index contributed by atoms with van der Waals surface area (Å²) >= 11 is 0. The van der Waals surface area contributed by atoms with Crippen LogP contribution >= 0.6 is 0 Å². The topological polar surface area (TPSA) is 83.3 Å². The molecule has 0 unspecified atom stereocenters. The first-order chi connectivity index (χ1) is 13.6. The second-order valence-electron chi connectivity index (χ2n) is 7.21. The van der Waals surface area contributed by atoms with Crippen LogP contribution in [-0.4, -0.2) is 28.9 Å². The van der Waals surface area contributed by atoms with Gasteiger partial charge in [-0.3, -0.25) is 23.1 Å². The summed E-state index contributed by atoms with van der Waals surface area (Å²) in [5, 5.41) is 0. The number of rotatable bonds is 3. The minimum absolute atomic E-state index is 0.219. The fourth-order valence-electron chi connectivity index (χ4n) is 3.64. The zero-order valence-corrected chi connectivity index (χ0v) is 16.7. The Bertz CT molecular complexity index is 1420. The third kappa shape index (κ3) is 2.50. The quantitative estimate of drug-likeness (QED) is 0.530. The lowest BCUT2D eigenvalue weighted by atomic mass is 10.2. The Morgan fingerprint density at radius 3 is 2.31 bits per heavy atom. The van der Waals surface area contributed by atoms with E-state index in [9.17, 15) is 18.8 Å². The van der Waals surface area contributed by atoms with E-state index < -0.39 is 17.3 Å². The maximum atomic E-state index is 13.4. The van der Waals surface area contributed by atoms with Gasteiger partial charge in [-0.2, -0.15) is 4.98 Å². The van der Waals surface area contributed by atoms with E-state index in [1.54, 1.807) is 21.1 Å². The van der Waals surface area contributed by atoms with Crippen molar-refractivity contribution < 1.29 is 9.18 Å². The van der Waals surface area contributed by atoms with Crippen molar-refractivity contribution in [1.29, 1.82) is 0 Å². The molecule has 1 aromatic carbocycles. The Hall–Kier alpha value is -3.49. The van der Waals surface area contributed by atoms with Crippen LogP contribution in [0.4, 0.5) is 4.39 Å². The van der Waals surface area contributed by atoms with Crippen LogP contribution in [0.1, 0.15) is 31.3 Å². The first-order valence-corrected chi connectivity index (χ1v) is 9.13. The van der Waals surface area contributed by atoms with Crippen LogP contribution < -0.4 is 11.2 Å². The number of halogens is 1. The van der Waals surface area contributed by atoms with E-state index in [0.29, 0.717) is 11.5 Å². The average molecular weight is 397 g/mol. The molecule has 0 aliphatic carbocycles. The number of aryl methyl sites for hydroxylation is 2. The highest BCUT2D eigenvalue weighted by molar-refractivity contribution is 5.81. The molecule has 9 heteroatoms. The van der Waals surface area contributed by atoms with Crippen LogP contribution in [0.2, 0.25) is 0 Å². The molecule has 0 bridgehead atoms. The van der Waals surface area contributed by atoms with Crippen LogP contribution in [0, 0.1) is 19.7 Å². The summed E-state index contributed by atoms with van der Waals surface area (Å²) in [4.78, 5) is 42.5. The SMILES string of the molecule is CC(=O)[C@@H](C)n1c(=O)c2c(nc3n(-c4ccc(F)cc4)c(C)c(C)n23)n(C)c1=O. The van der Waals surface area contributed by atoms with Crippen molar-refractivity contribution in [3.8, 4) is 5.69 Å².